The van der Waals surface area contributed by atoms with Crippen LogP contribution in [0.15, 0.2) is 48.7 Å². The van der Waals surface area contributed by atoms with Gasteiger partial charge in [0.15, 0.2) is 0 Å². The maximum atomic E-state index is 12.9. The maximum Gasteiger partial charge on any atom is 0.255 e. The van der Waals surface area contributed by atoms with Crippen LogP contribution in [-0.4, -0.2) is 48.2 Å². The summed E-state index contributed by atoms with van der Waals surface area (Å²) < 4.78 is 11.2. The molecule has 2 aliphatic heterocycles. The molecule has 0 bridgehead atoms. The lowest BCUT2D eigenvalue weighted by Gasteiger charge is -2.37. The van der Waals surface area contributed by atoms with E-state index >= 15 is 0 Å². The minimum Gasteiger partial charge on any atom is -0.475 e. The first kappa shape index (κ1) is 19.4. The summed E-state index contributed by atoms with van der Waals surface area (Å²) >= 11 is 0. The lowest BCUT2D eigenvalue weighted by Crippen LogP contribution is -2.44. The smallest absolute Gasteiger partial charge is 0.255 e. The van der Waals surface area contributed by atoms with Crippen LogP contribution in [0.3, 0.4) is 0 Å². The van der Waals surface area contributed by atoms with Gasteiger partial charge in [0, 0.05) is 32.0 Å². The molecule has 0 spiro atoms. The van der Waals surface area contributed by atoms with E-state index in [2.05, 4.69) is 11.1 Å². The molecule has 1 amide bonds. The number of amides is 1. The van der Waals surface area contributed by atoms with Crippen LogP contribution in [0.1, 0.15) is 41.6 Å². The fourth-order valence-corrected chi connectivity index (χ4v) is 4.04. The number of piperidine rings is 1. The summed E-state index contributed by atoms with van der Waals surface area (Å²) in [5, 5.41) is 9.81. The molecule has 2 aromatic rings. The minimum atomic E-state index is -0.518. The molecule has 1 atom stereocenters. The second-order valence-electron chi connectivity index (χ2n) is 7.68. The van der Waals surface area contributed by atoms with Crippen LogP contribution in [0.4, 0.5) is 0 Å². The first-order valence-corrected chi connectivity index (χ1v) is 10.2. The average Bonchev–Trinajstić information content (AvgIpc) is 3.32. The van der Waals surface area contributed by atoms with E-state index in [-0.39, 0.29) is 12.0 Å². The van der Waals surface area contributed by atoms with Crippen molar-refractivity contribution in [3.05, 3.63) is 59.8 Å². The summed E-state index contributed by atoms with van der Waals surface area (Å²) in [6.07, 6.45) is 5.05. The zero-order chi connectivity index (χ0) is 20.1. The number of nitrogens with zero attached hydrogens (tertiary/aromatic N) is 3. The van der Waals surface area contributed by atoms with Crippen molar-refractivity contribution in [1.82, 2.24) is 9.88 Å². The van der Waals surface area contributed by atoms with Gasteiger partial charge in [-0.1, -0.05) is 30.3 Å². The Morgan fingerprint density at radius 2 is 2.03 bits per heavy atom. The van der Waals surface area contributed by atoms with Gasteiger partial charge >= 0.3 is 0 Å². The highest BCUT2D eigenvalue weighted by atomic mass is 16.5. The van der Waals surface area contributed by atoms with E-state index in [0.717, 1.165) is 25.0 Å². The Balaban J connectivity index is 1.35. The highest BCUT2D eigenvalue weighted by molar-refractivity contribution is 5.94. The molecule has 0 saturated carbocycles. The summed E-state index contributed by atoms with van der Waals surface area (Å²) in [6, 6.07) is 15.9. The summed E-state index contributed by atoms with van der Waals surface area (Å²) in [5.41, 5.74) is 1.05. The van der Waals surface area contributed by atoms with E-state index in [0.29, 0.717) is 44.0 Å². The van der Waals surface area contributed by atoms with Crippen molar-refractivity contribution in [2.75, 3.05) is 26.3 Å². The van der Waals surface area contributed by atoms with Crippen LogP contribution < -0.4 is 4.74 Å². The molecular weight excluding hydrogens is 366 g/mol. The van der Waals surface area contributed by atoms with Crippen LogP contribution in [0.25, 0.3) is 0 Å². The van der Waals surface area contributed by atoms with Gasteiger partial charge in [0.05, 0.1) is 23.2 Å². The SMILES string of the molecule is N#CC1(c2ccccc2)CCN(C(=O)c2ccc(OC[C@H]3CCCO3)nc2)CC1. The number of rotatable bonds is 5. The van der Waals surface area contributed by atoms with Gasteiger partial charge in [-0.15, -0.1) is 0 Å². The summed E-state index contributed by atoms with van der Waals surface area (Å²) in [4.78, 5) is 18.9. The summed E-state index contributed by atoms with van der Waals surface area (Å²) in [5.74, 6) is 0.450. The number of aromatic nitrogens is 1. The Morgan fingerprint density at radius 1 is 1.24 bits per heavy atom. The van der Waals surface area contributed by atoms with E-state index in [1.807, 2.05) is 35.2 Å². The second kappa shape index (κ2) is 8.62. The van der Waals surface area contributed by atoms with Gasteiger partial charge in [-0.05, 0) is 37.3 Å². The monoisotopic (exact) mass is 391 g/mol. The first-order chi connectivity index (χ1) is 14.2. The topological polar surface area (TPSA) is 75.5 Å². The predicted octanol–water partition coefficient (Wildman–Crippen LogP) is 3.34. The molecule has 4 rings (SSSR count). The highest BCUT2D eigenvalue weighted by Crippen LogP contribution is 2.35. The molecule has 6 heteroatoms. The highest BCUT2D eigenvalue weighted by Gasteiger charge is 2.37. The van der Waals surface area contributed by atoms with Crippen molar-refractivity contribution in [3.8, 4) is 11.9 Å². The van der Waals surface area contributed by atoms with E-state index in [4.69, 9.17) is 9.47 Å². The minimum absolute atomic E-state index is 0.0530. The van der Waals surface area contributed by atoms with Gasteiger partial charge in [-0.2, -0.15) is 5.26 Å². The molecular formula is C23H25N3O3. The number of carbonyl (C=O) groups is 1. The lowest BCUT2D eigenvalue weighted by atomic mass is 9.74. The van der Waals surface area contributed by atoms with Crippen molar-refractivity contribution in [1.29, 1.82) is 5.26 Å². The number of nitriles is 1. The predicted molar refractivity (Wildman–Crippen MR) is 108 cm³/mol. The summed E-state index contributed by atoms with van der Waals surface area (Å²) in [6.45, 7) is 2.39. The van der Waals surface area contributed by atoms with Crippen LogP contribution in [0.5, 0.6) is 5.88 Å². The molecule has 0 N–H and O–H groups in total. The molecule has 1 aromatic carbocycles. The first-order valence-electron chi connectivity index (χ1n) is 10.2. The molecule has 0 radical (unpaired) electrons. The Morgan fingerprint density at radius 3 is 2.66 bits per heavy atom. The van der Waals surface area contributed by atoms with Crippen molar-refractivity contribution in [2.45, 2.75) is 37.2 Å². The summed E-state index contributed by atoms with van der Waals surface area (Å²) in [7, 11) is 0. The third kappa shape index (κ3) is 4.25. The van der Waals surface area contributed by atoms with Gasteiger partial charge in [0.1, 0.15) is 6.61 Å². The van der Waals surface area contributed by atoms with Gasteiger partial charge in [-0.3, -0.25) is 4.79 Å². The van der Waals surface area contributed by atoms with Gasteiger partial charge < -0.3 is 14.4 Å². The molecule has 2 fully saturated rings. The Kier molecular flexibility index (Phi) is 5.77. The largest absolute Gasteiger partial charge is 0.475 e. The third-order valence-electron chi connectivity index (χ3n) is 5.87. The molecule has 3 heterocycles. The maximum absolute atomic E-state index is 12.9. The average molecular weight is 391 g/mol. The number of hydrogen-bond acceptors (Lipinski definition) is 5. The molecule has 29 heavy (non-hydrogen) atoms. The number of hydrogen-bond donors (Lipinski definition) is 0. The number of likely N-dealkylation sites (tertiary alicyclic amines) is 1. The van der Waals surface area contributed by atoms with Crippen LogP contribution in [0.2, 0.25) is 0 Å². The zero-order valence-corrected chi connectivity index (χ0v) is 16.4. The van der Waals surface area contributed by atoms with Crippen LogP contribution in [0, 0.1) is 11.3 Å². The van der Waals surface area contributed by atoms with Crippen molar-refractivity contribution in [3.63, 3.8) is 0 Å². The van der Waals surface area contributed by atoms with E-state index in [9.17, 15) is 10.1 Å². The normalized spacial score (nSPS) is 20.8. The van der Waals surface area contributed by atoms with Gasteiger partial charge in [0.25, 0.3) is 5.91 Å². The molecule has 0 unspecified atom stereocenters. The van der Waals surface area contributed by atoms with Gasteiger partial charge in [0.2, 0.25) is 5.88 Å². The number of ether oxygens (including phenoxy) is 2. The quantitative estimate of drug-likeness (QED) is 0.781. The van der Waals surface area contributed by atoms with Crippen molar-refractivity contribution >= 4 is 5.91 Å². The fourth-order valence-electron chi connectivity index (χ4n) is 4.04. The Labute approximate surface area is 171 Å². The Bertz CT molecular complexity index is 862. The van der Waals surface area contributed by atoms with Crippen LogP contribution in [-0.2, 0) is 10.2 Å². The zero-order valence-electron chi connectivity index (χ0n) is 16.4. The molecule has 2 saturated heterocycles. The van der Waals surface area contributed by atoms with Crippen LogP contribution >= 0.6 is 0 Å². The van der Waals surface area contributed by atoms with E-state index < -0.39 is 5.41 Å². The standard InChI is InChI=1S/C23H25N3O3/c24-17-23(19-5-2-1-3-6-19)10-12-26(13-11-23)22(27)18-8-9-21(25-15-18)29-16-20-7-4-14-28-20/h1-3,5-6,8-9,15,20H,4,7,10-14,16H2/t20-/m1/s1. The molecule has 0 aliphatic carbocycles. The Hall–Kier alpha value is -2.91. The molecule has 6 nitrogen and oxygen atoms in total. The molecule has 2 aliphatic rings. The lowest BCUT2D eigenvalue weighted by molar-refractivity contribution is 0.0659. The number of carbonyl (C=O) groups excluding carboxylic acids is 1. The van der Waals surface area contributed by atoms with Gasteiger partial charge in [-0.25, -0.2) is 4.98 Å². The molecule has 150 valence electrons. The van der Waals surface area contributed by atoms with E-state index in [1.54, 1.807) is 18.3 Å². The fraction of sp³-hybridized carbons (Fsp3) is 0.435. The van der Waals surface area contributed by atoms with Crippen molar-refractivity contribution in [2.24, 2.45) is 0 Å². The number of benzene rings is 1. The van der Waals surface area contributed by atoms with Crippen molar-refractivity contribution < 1.29 is 14.3 Å². The van der Waals surface area contributed by atoms with E-state index in [1.165, 1.54) is 0 Å². The number of pyridine rings is 1. The second-order valence-corrected chi connectivity index (χ2v) is 7.68. The third-order valence-corrected chi connectivity index (χ3v) is 5.87. The molecule has 1 aromatic heterocycles.